The summed E-state index contributed by atoms with van der Waals surface area (Å²) in [5, 5.41) is 3.77. The predicted molar refractivity (Wildman–Crippen MR) is 87.0 cm³/mol. The molecule has 0 fully saturated rings. The standard InChI is InChI=1S/C15H16Cl2FN3/c1-9(10-6-4-5-7-13(10)18)21(3)15-12(17)8-11(16)14(19-2)20-15/h4-9H,1-3H3,(H,19,20). The highest BCUT2D eigenvalue weighted by Gasteiger charge is 2.20. The third kappa shape index (κ3) is 3.22. The molecule has 3 nitrogen and oxygen atoms in total. The first-order valence-electron chi connectivity index (χ1n) is 6.46. The van der Waals surface area contributed by atoms with E-state index < -0.39 is 0 Å². The summed E-state index contributed by atoms with van der Waals surface area (Å²) in [5.74, 6) is 0.820. The molecule has 21 heavy (non-hydrogen) atoms. The van der Waals surface area contributed by atoms with Gasteiger partial charge in [-0.25, -0.2) is 9.37 Å². The van der Waals surface area contributed by atoms with Crippen LogP contribution in [0.4, 0.5) is 16.0 Å². The summed E-state index contributed by atoms with van der Waals surface area (Å²) in [4.78, 5) is 6.21. The Bertz CT molecular complexity index is 649. The second kappa shape index (κ2) is 6.50. The SMILES string of the molecule is CNc1nc(N(C)C(C)c2ccccc2F)c(Cl)cc1Cl. The van der Waals surface area contributed by atoms with Crippen LogP contribution in [-0.2, 0) is 0 Å². The molecule has 1 aromatic carbocycles. The molecule has 1 aromatic heterocycles. The van der Waals surface area contributed by atoms with Gasteiger partial charge in [0.05, 0.1) is 16.1 Å². The molecule has 0 bridgehead atoms. The average Bonchev–Trinajstić information content (AvgIpc) is 2.46. The second-order valence-electron chi connectivity index (χ2n) is 4.68. The summed E-state index contributed by atoms with van der Waals surface area (Å²) in [6.07, 6.45) is 0. The molecule has 0 aliphatic rings. The third-order valence-electron chi connectivity index (χ3n) is 3.42. The maximum absolute atomic E-state index is 13.9. The Labute approximate surface area is 133 Å². The number of hydrogen-bond acceptors (Lipinski definition) is 3. The van der Waals surface area contributed by atoms with E-state index in [1.807, 2.05) is 18.9 Å². The van der Waals surface area contributed by atoms with Gasteiger partial charge in [0.2, 0.25) is 0 Å². The highest BCUT2D eigenvalue weighted by Crippen LogP contribution is 2.34. The molecule has 0 spiro atoms. The van der Waals surface area contributed by atoms with E-state index in [-0.39, 0.29) is 11.9 Å². The highest BCUT2D eigenvalue weighted by molar-refractivity contribution is 6.37. The van der Waals surface area contributed by atoms with E-state index in [1.165, 1.54) is 6.07 Å². The van der Waals surface area contributed by atoms with Crippen molar-refractivity contribution in [3.05, 3.63) is 51.8 Å². The number of nitrogens with one attached hydrogen (secondary N) is 1. The molecule has 1 N–H and O–H groups in total. The van der Waals surface area contributed by atoms with Crippen molar-refractivity contribution in [1.82, 2.24) is 4.98 Å². The van der Waals surface area contributed by atoms with Crippen molar-refractivity contribution in [2.75, 3.05) is 24.3 Å². The predicted octanol–water partition coefficient (Wildman–Crippen LogP) is 4.77. The number of anilines is 2. The zero-order valence-corrected chi connectivity index (χ0v) is 13.5. The number of halogens is 3. The van der Waals surface area contributed by atoms with Gasteiger partial charge < -0.3 is 10.2 Å². The van der Waals surface area contributed by atoms with Crippen molar-refractivity contribution in [3.8, 4) is 0 Å². The van der Waals surface area contributed by atoms with Crippen LogP contribution in [0.25, 0.3) is 0 Å². The maximum Gasteiger partial charge on any atom is 0.150 e. The molecule has 6 heteroatoms. The number of rotatable bonds is 4. The van der Waals surface area contributed by atoms with Crippen molar-refractivity contribution in [3.63, 3.8) is 0 Å². The largest absolute Gasteiger partial charge is 0.372 e. The Morgan fingerprint density at radius 3 is 2.52 bits per heavy atom. The minimum absolute atomic E-state index is 0.220. The van der Waals surface area contributed by atoms with Gasteiger partial charge >= 0.3 is 0 Å². The van der Waals surface area contributed by atoms with Crippen LogP contribution in [-0.4, -0.2) is 19.1 Å². The molecule has 112 valence electrons. The van der Waals surface area contributed by atoms with Crippen LogP contribution in [0.5, 0.6) is 0 Å². The van der Waals surface area contributed by atoms with E-state index in [4.69, 9.17) is 23.2 Å². The van der Waals surface area contributed by atoms with Gasteiger partial charge in [0.1, 0.15) is 17.5 Å². The molecule has 0 saturated heterocycles. The quantitative estimate of drug-likeness (QED) is 0.876. The molecule has 0 aliphatic carbocycles. The van der Waals surface area contributed by atoms with Crippen molar-refractivity contribution in [2.24, 2.45) is 0 Å². The topological polar surface area (TPSA) is 28.2 Å². The van der Waals surface area contributed by atoms with Crippen LogP contribution >= 0.6 is 23.2 Å². The lowest BCUT2D eigenvalue weighted by atomic mass is 10.1. The number of nitrogens with zero attached hydrogens (tertiary/aromatic N) is 2. The fourth-order valence-corrected chi connectivity index (χ4v) is 2.67. The second-order valence-corrected chi connectivity index (χ2v) is 5.50. The Balaban J connectivity index is 2.40. The summed E-state index contributed by atoms with van der Waals surface area (Å²) in [6.45, 7) is 1.89. The van der Waals surface area contributed by atoms with Gasteiger partial charge in [-0.1, -0.05) is 41.4 Å². The van der Waals surface area contributed by atoms with Gasteiger partial charge in [-0.15, -0.1) is 0 Å². The molecule has 0 amide bonds. The van der Waals surface area contributed by atoms with E-state index in [2.05, 4.69) is 10.3 Å². The Morgan fingerprint density at radius 1 is 1.24 bits per heavy atom. The van der Waals surface area contributed by atoms with Gasteiger partial charge in [-0.3, -0.25) is 0 Å². The van der Waals surface area contributed by atoms with Gasteiger partial charge in [0.15, 0.2) is 0 Å². The number of pyridine rings is 1. The van der Waals surface area contributed by atoms with Crippen molar-refractivity contribution < 1.29 is 4.39 Å². The molecule has 1 unspecified atom stereocenters. The summed E-state index contributed by atoms with van der Waals surface area (Å²) in [6, 6.07) is 8.07. The smallest absolute Gasteiger partial charge is 0.150 e. The lowest BCUT2D eigenvalue weighted by Gasteiger charge is -2.28. The van der Waals surface area contributed by atoms with Gasteiger partial charge in [0, 0.05) is 19.7 Å². The van der Waals surface area contributed by atoms with Crippen LogP contribution in [0, 0.1) is 5.82 Å². The normalized spacial score (nSPS) is 12.1. The lowest BCUT2D eigenvalue weighted by Crippen LogP contribution is -2.24. The van der Waals surface area contributed by atoms with Crippen molar-refractivity contribution in [2.45, 2.75) is 13.0 Å². The molecular weight excluding hydrogens is 312 g/mol. The molecule has 1 atom stereocenters. The van der Waals surface area contributed by atoms with Crippen molar-refractivity contribution in [1.29, 1.82) is 0 Å². The van der Waals surface area contributed by atoms with E-state index in [9.17, 15) is 4.39 Å². The Kier molecular flexibility index (Phi) is 4.91. The molecule has 0 aliphatic heterocycles. The van der Waals surface area contributed by atoms with E-state index in [0.29, 0.717) is 27.2 Å². The molecule has 2 rings (SSSR count). The number of benzene rings is 1. The minimum atomic E-state index is -0.254. The van der Waals surface area contributed by atoms with E-state index in [0.717, 1.165) is 0 Å². The fourth-order valence-electron chi connectivity index (χ4n) is 2.09. The van der Waals surface area contributed by atoms with Gasteiger partial charge in [-0.05, 0) is 19.1 Å². The summed E-state index contributed by atoms with van der Waals surface area (Å²) in [7, 11) is 3.55. The lowest BCUT2D eigenvalue weighted by molar-refractivity contribution is 0.584. The van der Waals surface area contributed by atoms with Crippen molar-refractivity contribution >= 4 is 34.8 Å². The zero-order valence-electron chi connectivity index (χ0n) is 12.0. The first-order chi connectivity index (χ1) is 9.95. The maximum atomic E-state index is 13.9. The van der Waals surface area contributed by atoms with Crippen LogP contribution in [0.15, 0.2) is 30.3 Å². The van der Waals surface area contributed by atoms with E-state index >= 15 is 0 Å². The molecular formula is C15H16Cl2FN3. The average molecular weight is 328 g/mol. The van der Waals surface area contributed by atoms with Crippen LogP contribution in [0.1, 0.15) is 18.5 Å². The molecule has 2 aromatic rings. The molecule has 0 radical (unpaired) electrons. The summed E-state index contributed by atoms with van der Waals surface area (Å²) >= 11 is 12.3. The Hall–Kier alpha value is -1.52. The van der Waals surface area contributed by atoms with E-state index in [1.54, 1.807) is 31.3 Å². The number of hydrogen-bond donors (Lipinski definition) is 1. The fraction of sp³-hybridized carbons (Fsp3) is 0.267. The first kappa shape index (κ1) is 15.9. The van der Waals surface area contributed by atoms with Gasteiger partial charge in [-0.2, -0.15) is 0 Å². The summed E-state index contributed by atoms with van der Waals surface area (Å²) < 4.78 is 13.9. The molecule has 1 heterocycles. The van der Waals surface area contributed by atoms with Gasteiger partial charge in [0.25, 0.3) is 0 Å². The monoisotopic (exact) mass is 327 g/mol. The first-order valence-corrected chi connectivity index (χ1v) is 7.22. The Morgan fingerprint density at radius 2 is 1.90 bits per heavy atom. The van der Waals surface area contributed by atoms with Crippen LogP contribution < -0.4 is 10.2 Å². The summed E-state index contributed by atoms with van der Waals surface area (Å²) in [5.41, 5.74) is 0.582. The number of aromatic nitrogens is 1. The van der Waals surface area contributed by atoms with Crippen LogP contribution in [0.3, 0.4) is 0 Å². The minimum Gasteiger partial charge on any atom is -0.372 e. The molecule has 0 saturated carbocycles. The zero-order chi connectivity index (χ0) is 15.6. The van der Waals surface area contributed by atoms with Crippen LogP contribution in [0.2, 0.25) is 10.0 Å². The third-order valence-corrected chi connectivity index (χ3v) is 3.98. The highest BCUT2D eigenvalue weighted by atomic mass is 35.5.